The molecular weight excluding hydrogens is 166 g/mol. The van der Waals surface area contributed by atoms with Gasteiger partial charge in [0.05, 0.1) is 12.1 Å². The zero-order chi connectivity index (χ0) is 9.47. The monoisotopic (exact) mass is 181 g/mol. The van der Waals surface area contributed by atoms with E-state index in [4.69, 9.17) is 15.3 Å². The van der Waals surface area contributed by atoms with Crippen molar-refractivity contribution in [3.63, 3.8) is 0 Å². The standard InChI is InChI=1S/C10H15NO2/c1-2-8-5-7-3-4-10(11,6-12)9(7)13-8/h5,12H,2-4,6,11H2,1H3. The summed E-state index contributed by atoms with van der Waals surface area (Å²) in [6, 6.07) is 2.06. The lowest BCUT2D eigenvalue weighted by Gasteiger charge is -2.19. The van der Waals surface area contributed by atoms with E-state index < -0.39 is 5.54 Å². The lowest BCUT2D eigenvalue weighted by Crippen LogP contribution is -2.37. The molecule has 3 nitrogen and oxygen atoms in total. The Labute approximate surface area is 77.5 Å². The predicted octanol–water partition coefficient (Wildman–Crippen LogP) is 0.935. The Hall–Kier alpha value is -0.800. The molecule has 1 atom stereocenters. The van der Waals surface area contributed by atoms with Gasteiger partial charge in [-0.15, -0.1) is 0 Å². The zero-order valence-corrected chi connectivity index (χ0v) is 7.84. The Morgan fingerprint density at radius 3 is 3.08 bits per heavy atom. The molecule has 0 radical (unpaired) electrons. The zero-order valence-electron chi connectivity index (χ0n) is 7.84. The highest BCUT2D eigenvalue weighted by molar-refractivity contribution is 5.33. The van der Waals surface area contributed by atoms with E-state index in [1.807, 2.05) is 6.92 Å². The van der Waals surface area contributed by atoms with E-state index in [-0.39, 0.29) is 6.61 Å². The van der Waals surface area contributed by atoms with Gasteiger partial charge in [-0.1, -0.05) is 6.92 Å². The van der Waals surface area contributed by atoms with Crippen LogP contribution in [-0.2, 0) is 18.4 Å². The highest BCUT2D eigenvalue weighted by Gasteiger charge is 2.38. The molecule has 0 aliphatic heterocycles. The second-order valence-electron chi connectivity index (χ2n) is 3.73. The number of furan rings is 1. The van der Waals surface area contributed by atoms with Crippen molar-refractivity contribution in [2.24, 2.45) is 5.73 Å². The number of aliphatic hydroxyl groups excluding tert-OH is 1. The Kier molecular flexibility index (Phi) is 1.93. The molecule has 3 heteroatoms. The maximum absolute atomic E-state index is 9.17. The average Bonchev–Trinajstić information content (AvgIpc) is 2.67. The van der Waals surface area contributed by atoms with Gasteiger partial charge in [0, 0.05) is 6.42 Å². The smallest absolute Gasteiger partial charge is 0.129 e. The van der Waals surface area contributed by atoms with Crippen molar-refractivity contribution in [1.29, 1.82) is 0 Å². The first-order valence-corrected chi connectivity index (χ1v) is 4.71. The molecule has 0 spiro atoms. The lowest BCUT2D eigenvalue weighted by molar-refractivity contribution is 0.174. The Balaban J connectivity index is 2.41. The number of nitrogens with two attached hydrogens (primary N) is 1. The fourth-order valence-corrected chi connectivity index (χ4v) is 1.89. The van der Waals surface area contributed by atoms with E-state index >= 15 is 0 Å². The second kappa shape index (κ2) is 2.86. The topological polar surface area (TPSA) is 59.4 Å². The third-order valence-corrected chi connectivity index (χ3v) is 2.78. The number of rotatable bonds is 2. The number of fused-ring (bicyclic) bond motifs is 1. The Morgan fingerprint density at radius 1 is 1.69 bits per heavy atom. The molecule has 0 aromatic carbocycles. The third-order valence-electron chi connectivity index (χ3n) is 2.78. The molecule has 1 heterocycles. The highest BCUT2D eigenvalue weighted by Crippen LogP contribution is 2.36. The molecule has 1 aliphatic rings. The molecule has 1 unspecified atom stereocenters. The van der Waals surface area contributed by atoms with Crippen LogP contribution in [0.1, 0.15) is 30.4 Å². The van der Waals surface area contributed by atoms with E-state index in [9.17, 15) is 0 Å². The quantitative estimate of drug-likeness (QED) is 0.713. The van der Waals surface area contributed by atoms with Crippen LogP contribution in [0.15, 0.2) is 10.5 Å². The third kappa shape index (κ3) is 1.19. The lowest BCUT2D eigenvalue weighted by atomic mass is 10.0. The van der Waals surface area contributed by atoms with Crippen molar-refractivity contribution in [3.05, 3.63) is 23.2 Å². The van der Waals surface area contributed by atoms with Crippen LogP contribution in [0, 0.1) is 0 Å². The number of aliphatic hydroxyl groups is 1. The summed E-state index contributed by atoms with van der Waals surface area (Å²) in [7, 11) is 0. The van der Waals surface area contributed by atoms with E-state index in [0.717, 1.165) is 30.8 Å². The van der Waals surface area contributed by atoms with Crippen LogP contribution in [0.2, 0.25) is 0 Å². The Bertz CT molecular complexity index is 319. The summed E-state index contributed by atoms with van der Waals surface area (Å²) in [5.41, 5.74) is 6.55. The van der Waals surface area contributed by atoms with Gasteiger partial charge in [-0.3, -0.25) is 0 Å². The van der Waals surface area contributed by atoms with Gasteiger partial charge in [0.25, 0.3) is 0 Å². The van der Waals surface area contributed by atoms with Gasteiger partial charge < -0.3 is 15.3 Å². The largest absolute Gasteiger partial charge is 0.464 e. The molecule has 1 aromatic rings. The fourth-order valence-electron chi connectivity index (χ4n) is 1.89. The minimum Gasteiger partial charge on any atom is -0.464 e. The summed E-state index contributed by atoms with van der Waals surface area (Å²) in [6.07, 6.45) is 2.60. The van der Waals surface area contributed by atoms with Gasteiger partial charge in [0.1, 0.15) is 11.5 Å². The van der Waals surface area contributed by atoms with Crippen LogP contribution < -0.4 is 5.73 Å². The SMILES string of the molecule is CCc1cc2c(o1)C(N)(CO)CC2. The van der Waals surface area contributed by atoms with Crippen molar-refractivity contribution < 1.29 is 9.52 Å². The maximum Gasteiger partial charge on any atom is 0.129 e. The van der Waals surface area contributed by atoms with Gasteiger partial charge in [-0.05, 0) is 24.5 Å². The molecule has 1 aromatic heterocycles. The second-order valence-corrected chi connectivity index (χ2v) is 3.73. The molecule has 0 fully saturated rings. The van der Waals surface area contributed by atoms with Crippen LogP contribution in [0.3, 0.4) is 0 Å². The first kappa shape index (κ1) is 8.78. The van der Waals surface area contributed by atoms with Crippen molar-refractivity contribution in [2.45, 2.75) is 31.7 Å². The summed E-state index contributed by atoms with van der Waals surface area (Å²) < 4.78 is 5.60. The number of hydrogen-bond acceptors (Lipinski definition) is 3. The van der Waals surface area contributed by atoms with Crippen molar-refractivity contribution in [3.8, 4) is 0 Å². The van der Waals surface area contributed by atoms with Crippen molar-refractivity contribution in [1.82, 2.24) is 0 Å². The average molecular weight is 181 g/mol. The first-order chi connectivity index (χ1) is 6.19. The normalized spacial score (nSPS) is 26.4. The maximum atomic E-state index is 9.17. The van der Waals surface area contributed by atoms with Gasteiger partial charge in [-0.25, -0.2) is 0 Å². The molecule has 0 saturated carbocycles. The molecular formula is C10H15NO2. The molecule has 72 valence electrons. The van der Waals surface area contributed by atoms with Crippen LogP contribution in [0.4, 0.5) is 0 Å². The van der Waals surface area contributed by atoms with Crippen LogP contribution >= 0.6 is 0 Å². The summed E-state index contributed by atoms with van der Waals surface area (Å²) in [5.74, 6) is 1.76. The van der Waals surface area contributed by atoms with Crippen LogP contribution in [0.25, 0.3) is 0 Å². The van der Waals surface area contributed by atoms with Crippen LogP contribution in [-0.4, -0.2) is 11.7 Å². The van der Waals surface area contributed by atoms with E-state index in [1.165, 1.54) is 5.56 Å². The summed E-state index contributed by atoms with van der Waals surface area (Å²) >= 11 is 0. The molecule has 2 rings (SSSR count). The molecule has 0 saturated heterocycles. The number of aryl methyl sites for hydroxylation is 2. The van der Waals surface area contributed by atoms with Gasteiger partial charge in [0.15, 0.2) is 0 Å². The minimum atomic E-state index is -0.622. The molecule has 3 N–H and O–H groups in total. The van der Waals surface area contributed by atoms with E-state index in [0.29, 0.717) is 0 Å². The summed E-state index contributed by atoms with van der Waals surface area (Å²) in [5, 5.41) is 9.17. The Morgan fingerprint density at radius 2 is 2.46 bits per heavy atom. The van der Waals surface area contributed by atoms with Gasteiger partial charge in [0.2, 0.25) is 0 Å². The van der Waals surface area contributed by atoms with E-state index in [1.54, 1.807) is 0 Å². The molecule has 1 aliphatic carbocycles. The molecule has 0 bridgehead atoms. The summed E-state index contributed by atoms with van der Waals surface area (Å²) in [6.45, 7) is 2.02. The molecule has 13 heavy (non-hydrogen) atoms. The van der Waals surface area contributed by atoms with E-state index in [2.05, 4.69) is 6.07 Å². The van der Waals surface area contributed by atoms with Crippen molar-refractivity contribution in [2.75, 3.05) is 6.61 Å². The highest BCUT2D eigenvalue weighted by atomic mass is 16.3. The number of hydrogen-bond donors (Lipinski definition) is 2. The minimum absolute atomic E-state index is 0.0311. The van der Waals surface area contributed by atoms with Gasteiger partial charge in [-0.2, -0.15) is 0 Å². The summed E-state index contributed by atoms with van der Waals surface area (Å²) in [4.78, 5) is 0. The van der Waals surface area contributed by atoms with Crippen LogP contribution in [0.5, 0.6) is 0 Å². The van der Waals surface area contributed by atoms with Gasteiger partial charge >= 0.3 is 0 Å². The molecule has 0 amide bonds. The van der Waals surface area contributed by atoms with Crippen molar-refractivity contribution >= 4 is 0 Å². The fraction of sp³-hybridized carbons (Fsp3) is 0.600. The first-order valence-electron chi connectivity index (χ1n) is 4.71. The predicted molar refractivity (Wildman–Crippen MR) is 49.4 cm³/mol.